The smallest absolute Gasteiger partial charge is 0.341 e. The molecule has 1 aliphatic heterocycles. The Morgan fingerprint density at radius 3 is 2.89 bits per heavy atom. The molecule has 1 aromatic heterocycles. The van der Waals surface area contributed by atoms with E-state index in [4.69, 9.17) is 10.5 Å². The molecule has 0 unspecified atom stereocenters. The topological polar surface area (TPSA) is 55.6 Å². The van der Waals surface area contributed by atoms with E-state index in [2.05, 4.69) is 18.7 Å². The second-order valence-corrected chi connectivity index (χ2v) is 6.25. The molecule has 5 heteroatoms. The predicted molar refractivity (Wildman–Crippen MR) is 73.9 cm³/mol. The van der Waals surface area contributed by atoms with E-state index in [0.29, 0.717) is 16.5 Å². The molecular formula is C13H20N2O2S. The molecule has 0 saturated carbocycles. The van der Waals surface area contributed by atoms with Crippen molar-refractivity contribution in [3.63, 3.8) is 0 Å². The third kappa shape index (κ3) is 2.52. The van der Waals surface area contributed by atoms with Gasteiger partial charge in [0.25, 0.3) is 0 Å². The Morgan fingerprint density at radius 1 is 1.56 bits per heavy atom. The Balaban J connectivity index is 2.23. The van der Waals surface area contributed by atoms with Gasteiger partial charge in [0.2, 0.25) is 0 Å². The summed E-state index contributed by atoms with van der Waals surface area (Å²) in [5.41, 5.74) is 7.64. The zero-order valence-electron chi connectivity index (χ0n) is 11.2. The average molecular weight is 268 g/mol. The first-order valence-electron chi connectivity index (χ1n) is 6.23. The van der Waals surface area contributed by atoms with Crippen LogP contribution in [0, 0.1) is 5.92 Å². The minimum Gasteiger partial charge on any atom is -0.465 e. The number of hydrogen-bond donors (Lipinski definition) is 1. The minimum atomic E-state index is -0.303. The van der Waals surface area contributed by atoms with E-state index in [9.17, 15) is 4.79 Å². The number of hydrogen-bond acceptors (Lipinski definition) is 5. The minimum absolute atomic E-state index is 0.303. The molecular weight excluding hydrogens is 248 g/mol. The average Bonchev–Trinajstić information content (AvgIpc) is 2.62. The van der Waals surface area contributed by atoms with Crippen molar-refractivity contribution >= 4 is 22.3 Å². The van der Waals surface area contributed by atoms with E-state index < -0.39 is 0 Å². The van der Waals surface area contributed by atoms with Gasteiger partial charge in [-0.2, -0.15) is 0 Å². The van der Waals surface area contributed by atoms with Gasteiger partial charge in [0.15, 0.2) is 0 Å². The second kappa shape index (κ2) is 5.28. The summed E-state index contributed by atoms with van der Waals surface area (Å²) in [6, 6.07) is 0. The third-order valence-electron chi connectivity index (χ3n) is 3.18. The van der Waals surface area contributed by atoms with Crippen molar-refractivity contribution in [2.45, 2.75) is 26.8 Å². The van der Waals surface area contributed by atoms with Gasteiger partial charge in [-0.15, -0.1) is 11.3 Å². The maximum atomic E-state index is 11.7. The van der Waals surface area contributed by atoms with Gasteiger partial charge in [0, 0.05) is 24.5 Å². The monoisotopic (exact) mass is 268 g/mol. The molecule has 4 nitrogen and oxygen atoms in total. The molecule has 0 aromatic carbocycles. The number of carbonyl (C=O) groups excluding carboxylic acids is 1. The molecule has 100 valence electrons. The van der Waals surface area contributed by atoms with E-state index in [1.165, 1.54) is 23.3 Å². The molecule has 0 atom stereocenters. The highest BCUT2D eigenvalue weighted by Gasteiger charge is 2.27. The molecule has 0 spiro atoms. The summed E-state index contributed by atoms with van der Waals surface area (Å²) < 4.78 is 4.81. The molecule has 2 N–H and O–H groups in total. The van der Waals surface area contributed by atoms with Crippen LogP contribution in [0.4, 0.5) is 5.00 Å². The Bertz CT molecular complexity index is 454. The number of fused-ring (bicyclic) bond motifs is 1. The second-order valence-electron chi connectivity index (χ2n) is 5.11. The van der Waals surface area contributed by atoms with Crippen molar-refractivity contribution in [1.82, 2.24) is 4.90 Å². The lowest BCUT2D eigenvalue weighted by molar-refractivity contribution is 0.0600. The molecule has 0 fully saturated rings. The molecule has 1 aliphatic rings. The van der Waals surface area contributed by atoms with Crippen LogP contribution in [0.5, 0.6) is 0 Å². The van der Waals surface area contributed by atoms with Crippen molar-refractivity contribution in [2.75, 3.05) is 25.9 Å². The number of thiophene rings is 1. The SMILES string of the molecule is COC(=O)c1c(N)sc2c1CCN(CC(C)C)C2. The van der Waals surface area contributed by atoms with Crippen LogP contribution in [0.3, 0.4) is 0 Å². The Hall–Kier alpha value is -1.07. The highest BCUT2D eigenvalue weighted by atomic mass is 32.1. The van der Waals surface area contributed by atoms with Crippen LogP contribution in [0.25, 0.3) is 0 Å². The summed E-state index contributed by atoms with van der Waals surface area (Å²) in [6.45, 7) is 7.42. The van der Waals surface area contributed by atoms with Crippen LogP contribution in [-0.4, -0.2) is 31.1 Å². The van der Waals surface area contributed by atoms with Crippen molar-refractivity contribution < 1.29 is 9.53 Å². The van der Waals surface area contributed by atoms with Crippen molar-refractivity contribution in [3.8, 4) is 0 Å². The number of nitrogen functional groups attached to an aromatic ring is 1. The van der Waals surface area contributed by atoms with Crippen LogP contribution in [0.1, 0.15) is 34.6 Å². The molecule has 0 amide bonds. The van der Waals surface area contributed by atoms with Crippen LogP contribution in [0.2, 0.25) is 0 Å². The number of methoxy groups -OCH3 is 1. The van der Waals surface area contributed by atoms with Crippen LogP contribution >= 0.6 is 11.3 Å². The molecule has 2 rings (SSSR count). The van der Waals surface area contributed by atoms with E-state index in [1.807, 2.05) is 0 Å². The van der Waals surface area contributed by atoms with Gasteiger partial charge in [-0.1, -0.05) is 13.8 Å². The lowest BCUT2D eigenvalue weighted by Crippen LogP contribution is -2.33. The van der Waals surface area contributed by atoms with Gasteiger partial charge in [-0.05, 0) is 17.9 Å². The third-order valence-corrected chi connectivity index (χ3v) is 4.22. The van der Waals surface area contributed by atoms with E-state index in [0.717, 1.165) is 31.6 Å². The molecule has 0 saturated heterocycles. The first-order chi connectivity index (χ1) is 8.52. The van der Waals surface area contributed by atoms with Crippen LogP contribution in [0.15, 0.2) is 0 Å². The maximum absolute atomic E-state index is 11.7. The largest absolute Gasteiger partial charge is 0.465 e. The quantitative estimate of drug-likeness (QED) is 0.853. The summed E-state index contributed by atoms with van der Waals surface area (Å²) in [7, 11) is 1.40. The predicted octanol–water partition coefficient (Wildman–Crippen LogP) is 2.13. The molecule has 0 bridgehead atoms. The molecule has 0 radical (unpaired) electrons. The number of ether oxygens (including phenoxy) is 1. The van der Waals surface area contributed by atoms with E-state index >= 15 is 0 Å². The number of anilines is 1. The fourth-order valence-electron chi connectivity index (χ4n) is 2.48. The molecule has 0 aliphatic carbocycles. The highest BCUT2D eigenvalue weighted by Crippen LogP contribution is 2.35. The summed E-state index contributed by atoms with van der Waals surface area (Å²) in [5, 5.41) is 0.596. The molecule has 1 aromatic rings. The molecule has 2 heterocycles. The number of nitrogens with two attached hydrogens (primary N) is 1. The van der Waals surface area contributed by atoms with Gasteiger partial charge in [0.1, 0.15) is 5.00 Å². The lowest BCUT2D eigenvalue weighted by Gasteiger charge is -2.28. The van der Waals surface area contributed by atoms with Gasteiger partial charge in [-0.25, -0.2) is 4.79 Å². The number of esters is 1. The number of nitrogens with zero attached hydrogens (tertiary/aromatic N) is 1. The fraction of sp³-hybridized carbons (Fsp3) is 0.615. The summed E-state index contributed by atoms with van der Waals surface area (Å²) >= 11 is 1.53. The normalized spacial score (nSPS) is 15.8. The summed E-state index contributed by atoms with van der Waals surface area (Å²) in [5.74, 6) is 0.353. The van der Waals surface area contributed by atoms with Gasteiger partial charge >= 0.3 is 5.97 Å². The first-order valence-corrected chi connectivity index (χ1v) is 7.05. The van der Waals surface area contributed by atoms with Gasteiger partial charge < -0.3 is 10.5 Å². The van der Waals surface area contributed by atoms with Crippen LogP contribution in [-0.2, 0) is 17.7 Å². The Morgan fingerprint density at radius 2 is 2.28 bits per heavy atom. The van der Waals surface area contributed by atoms with Crippen molar-refractivity contribution in [2.24, 2.45) is 5.92 Å². The highest BCUT2D eigenvalue weighted by molar-refractivity contribution is 7.16. The summed E-state index contributed by atoms with van der Waals surface area (Å²) in [4.78, 5) is 15.4. The van der Waals surface area contributed by atoms with Gasteiger partial charge in [-0.3, -0.25) is 4.90 Å². The van der Waals surface area contributed by atoms with E-state index in [1.54, 1.807) is 0 Å². The Labute approximate surface area is 112 Å². The Kier molecular flexibility index (Phi) is 3.92. The number of carbonyl (C=O) groups is 1. The summed E-state index contributed by atoms with van der Waals surface area (Å²) in [6.07, 6.45) is 0.889. The zero-order valence-corrected chi connectivity index (χ0v) is 12.0. The van der Waals surface area contributed by atoms with Crippen molar-refractivity contribution in [1.29, 1.82) is 0 Å². The van der Waals surface area contributed by atoms with Gasteiger partial charge in [0.05, 0.1) is 12.7 Å². The lowest BCUT2D eigenvalue weighted by atomic mass is 10.0. The first kappa shape index (κ1) is 13.4. The maximum Gasteiger partial charge on any atom is 0.341 e. The fourth-order valence-corrected chi connectivity index (χ4v) is 3.62. The van der Waals surface area contributed by atoms with Crippen molar-refractivity contribution in [3.05, 3.63) is 16.0 Å². The standard InChI is InChI=1S/C13H20N2O2S/c1-8(2)6-15-5-4-9-10(7-15)18-12(14)11(9)13(16)17-3/h8H,4-7,14H2,1-3H3. The van der Waals surface area contributed by atoms with E-state index in [-0.39, 0.29) is 5.97 Å². The molecule has 18 heavy (non-hydrogen) atoms. The van der Waals surface area contributed by atoms with Crippen LogP contribution < -0.4 is 5.73 Å². The zero-order chi connectivity index (χ0) is 13.3. The number of rotatable bonds is 3.